The summed E-state index contributed by atoms with van der Waals surface area (Å²) in [5.74, 6) is -9.32. The molecule has 0 radical (unpaired) electrons. The van der Waals surface area contributed by atoms with Gasteiger partial charge in [-0.25, -0.2) is 38.4 Å². The van der Waals surface area contributed by atoms with Crippen LogP contribution >= 0.6 is 0 Å². The first kappa shape index (κ1) is 96.6. The molecule has 32 heteroatoms. The van der Waals surface area contributed by atoms with Gasteiger partial charge in [-0.1, -0.05) is 41.5 Å². The molecule has 8 aliphatic rings. The van der Waals surface area contributed by atoms with E-state index in [1.807, 2.05) is 167 Å². The van der Waals surface area contributed by atoms with Crippen LogP contribution in [-0.2, 0) is 94.9 Å². The zero-order valence-corrected chi connectivity index (χ0v) is 76.2. The number of rotatable bonds is 24. The van der Waals surface area contributed by atoms with Gasteiger partial charge in [-0.3, -0.25) is 29.4 Å². The average molecular weight is 1670 g/mol. The molecule has 0 aliphatic carbocycles. The van der Waals surface area contributed by atoms with Crippen LogP contribution in [0.15, 0.2) is 0 Å². The van der Waals surface area contributed by atoms with Crippen LogP contribution in [-0.4, -0.2) is 303 Å². The Morgan fingerprint density at radius 1 is 0.333 bits per heavy atom. The third-order valence-electron chi connectivity index (χ3n) is 27.4. The highest BCUT2D eigenvalue weighted by atomic mass is 16.9. The summed E-state index contributed by atoms with van der Waals surface area (Å²) >= 11 is 0. The highest BCUT2D eigenvalue weighted by molar-refractivity contribution is 5.85. The van der Waals surface area contributed by atoms with Crippen LogP contribution in [0.2, 0.25) is 0 Å². The third kappa shape index (κ3) is 23.1. The van der Waals surface area contributed by atoms with Crippen molar-refractivity contribution in [3.8, 4) is 0 Å². The topological polar surface area (TPSA) is 322 Å². The minimum Gasteiger partial charge on any atom is -0.459 e. The van der Waals surface area contributed by atoms with Crippen LogP contribution in [0.4, 0.5) is 28.8 Å². The van der Waals surface area contributed by atoms with Crippen LogP contribution < -0.4 is 0 Å². The number of nitrogens with zero attached hydrogens (tertiary/aromatic N) is 6. The second-order valence-corrected chi connectivity index (χ2v) is 40.5. The molecule has 0 amide bonds. The molecule has 0 aromatic rings. The number of likely N-dealkylation sites (tertiary alicyclic amines) is 6. The van der Waals surface area contributed by atoms with Gasteiger partial charge >= 0.3 is 60.4 Å². The summed E-state index contributed by atoms with van der Waals surface area (Å²) in [5.41, 5.74) is -5.98. The normalized spacial score (nSPS) is 33.2. The number of hydrogen-bond donors (Lipinski definition) is 0. The van der Waals surface area contributed by atoms with Crippen LogP contribution in [0.1, 0.15) is 256 Å². The number of esters is 2. The minimum absolute atomic E-state index is 0.000139. The second-order valence-electron chi connectivity index (χ2n) is 40.5. The lowest BCUT2D eigenvalue weighted by Crippen LogP contribution is -2.60. The Kier molecular flexibility index (Phi) is 30.6. The van der Waals surface area contributed by atoms with E-state index in [1.165, 1.54) is 0 Å². The number of hydrogen-bond acceptors (Lipinski definition) is 32. The summed E-state index contributed by atoms with van der Waals surface area (Å²) in [6, 6.07) is -0.214. The van der Waals surface area contributed by atoms with Gasteiger partial charge in [0.25, 0.3) is 0 Å². The molecule has 0 bridgehead atoms. The van der Waals surface area contributed by atoms with Crippen LogP contribution in [0.3, 0.4) is 0 Å². The summed E-state index contributed by atoms with van der Waals surface area (Å²) in [6.07, 6.45) is -14.1. The molecule has 8 fully saturated rings. The smallest absolute Gasteiger partial charge is 0.459 e. The van der Waals surface area contributed by atoms with E-state index >= 15 is 9.59 Å². The molecule has 8 heterocycles. The monoisotopic (exact) mass is 1670 g/mol. The van der Waals surface area contributed by atoms with Crippen molar-refractivity contribution in [3.63, 3.8) is 0 Å². The van der Waals surface area contributed by atoms with Gasteiger partial charge in [0, 0.05) is 119 Å². The fraction of sp³-hybridized carbons (Fsp3) is 0.906. The highest BCUT2D eigenvalue weighted by Crippen LogP contribution is 2.44. The van der Waals surface area contributed by atoms with Crippen molar-refractivity contribution in [3.05, 3.63) is 0 Å². The van der Waals surface area contributed by atoms with E-state index in [0.717, 1.165) is 0 Å². The molecule has 1 spiro atoms. The molecule has 672 valence electrons. The Bertz CT molecular complexity index is 3100. The molecule has 0 aromatic heterocycles. The standard InChI is InChI=1S/C85H146N6O26/c1-31-63(112-69(94)106-57-33-51(3)86(25)77(13,14)39-57)84(114-71(96)108-59-35-53(5)88(27)79(17,18)41-59,115-72(97)109-60-36-54(6)89(28)80(19,20)42-60)65(92)100-45-75(9,10)67-102-47-83(48-103-67)49-104-68(105-50-83)76(11,12)46-101-66(93)85(116-73(98)110-61-37-55(7)90(29)81(21,22)43-61,117-74(99)111-62-38-56(8)91(30)82(23,24)44-62)64(32-2)113-70(95)107-58-34-52(4)87(26)78(15,16)40-58/h51-64,67-68H,31-50H2,1-30H3. The van der Waals surface area contributed by atoms with Crippen LogP contribution in [0.5, 0.6) is 0 Å². The largest absolute Gasteiger partial charge is 0.512 e. The summed E-state index contributed by atoms with van der Waals surface area (Å²) in [4.78, 5) is 131. The van der Waals surface area contributed by atoms with E-state index < -0.39 is 173 Å². The first-order valence-electron chi connectivity index (χ1n) is 42.4. The molecule has 14 atom stereocenters. The van der Waals surface area contributed by atoms with Crippen molar-refractivity contribution in [1.29, 1.82) is 0 Å². The number of carbonyl (C=O) groups is 8. The third-order valence-corrected chi connectivity index (χ3v) is 27.4. The molecule has 8 rings (SSSR count). The fourth-order valence-corrected chi connectivity index (χ4v) is 18.4. The number of piperidine rings is 6. The Morgan fingerprint density at radius 2 is 0.521 bits per heavy atom. The van der Waals surface area contributed by atoms with Gasteiger partial charge in [-0.2, -0.15) is 0 Å². The molecule has 117 heavy (non-hydrogen) atoms. The Balaban J connectivity index is 1.01. The summed E-state index contributed by atoms with van der Waals surface area (Å²) < 4.78 is 111. The van der Waals surface area contributed by atoms with Gasteiger partial charge in [0.2, 0.25) is 0 Å². The molecule has 32 nitrogen and oxygen atoms in total. The van der Waals surface area contributed by atoms with Gasteiger partial charge < -0.3 is 85.3 Å². The first-order chi connectivity index (χ1) is 53.9. The van der Waals surface area contributed by atoms with Crippen LogP contribution in [0.25, 0.3) is 0 Å². The van der Waals surface area contributed by atoms with E-state index in [0.29, 0.717) is 77.0 Å². The van der Waals surface area contributed by atoms with Crippen molar-refractivity contribution in [2.75, 3.05) is 81.9 Å². The number of ether oxygens (including phenoxy) is 18. The molecule has 8 aliphatic heterocycles. The molecule has 0 aromatic carbocycles. The van der Waals surface area contributed by atoms with Crippen molar-refractivity contribution >= 4 is 48.9 Å². The molecule has 8 saturated heterocycles. The quantitative estimate of drug-likeness (QED) is 0.0492. The predicted molar refractivity (Wildman–Crippen MR) is 428 cm³/mol. The van der Waals surface area contributed by atoms with Crippen molar-refractivity contribution < 1.29 is 124 Å². The van der Waals surface area contributed by atoms with Gasteiger partial charge in [0.1, 0.15) is 49.8 Å². The first-order valence-corrected chi connectivity index (χ1v) is 42.4. The zero-order chi connectivity index (χ0) is 87.7. The number of carbonyl (C=O) groups excluding carboxylic acids is 8. The fourth-order valence-electron chi connectivity index (χ4n) is 18.4. The highest BCUT2D eigenvalue weighted by Gasteiger charge is 2.63. The molecular formula is C85H146N6O26. The lowest BCUT2D eigenvalue weighted by Gasteiger charge is -2.48. The maximum atomic E-state index is 15.6. The van der Waals surface area contributed by atoms with E-state index in [-0.39, 0.29) is 86.6 Å². The summed E-state index contributed by atoms with van der Waals surface area (Å²) in [7, 11) is 11.9. The van der Waals surface area contributed by atoms with Gasteiger partial charge in [0.15, 0.2) is 24.8 Å². The minimum atomic E-state index is -3.21. The Labute approximate surface area is 695 Å². The average Bonchev–Trinajstić information content (AvgIpc) is 0.769. The Morgan fingerprint density at radius 3 is 0.701 bits per heavy atom. The van der Waals surface area contributed by atoms with Gasteiger partial charge in [-0.05, 0) is 218 Å². The maximum Gasteiger partial charge on any atom is 0.512 e. The summed E-state index contributed by atoms with van der Waals surface area (Å²) in [5, 5.41) is 0. The van der Waals surface area contributed by atoms with Crippen molar-refractivity contribution in [2.24, 2.45) is 16.2 Å². The van der Waals surface area contributed by atoms with E-state index in [2.05, 4.69) is 29.4 Å². The molecule has 0 N–H and O–H groups in total. The van der Waals surface area contributed by atoms with Gasteiger partial charge in [0.05, 0.1) is 31.8 Å². The SMILES string of the molecule is CCC(OC(=O)OC1CC(C)N(C)C(C)(C)C1)C(OC(=O)OC1CC(C)N(C)C(C)(C)C1)(OC(=O)OC1CC(C)N(C)C(C)(C)C1)C(=O)OCC(C)(C)C1OCC2(CO1)COC(C(C)(C)COC(=O)C(OC(=O)OC1CC(C)N(C)C(C)(C)C1)(OC(=O)OC1CC(C)N(C)C(C)(C)C1)C(CC)OC(=O)OC1CC(C)N(C)C(C)(C)C1)OC2. The van der Waals surface area contributed by atoms with E-state index in [9.17, 15) is 28.8 Å². The second kappa shape index (κ2) is 37.1. The van der Waals surface area contributed by atoms with Crippen molar-refractivity contribution in [2.45, 2.75) is 399 Å². The van der Waals surface area contributed by atoms with Crippen LogP contribution in [0, 0.1) is 16.2 Å². The lowest BCUT2D eigenvalue weighted by molar-refractivity contribution is -0.338. The Hall–Kier alpha value is -5.84. The molecule has 14 unspecified atom stereocenters. The van der Waals surface area contributed by atoms with Gasteiger partial charge in [-0.15, -0.1) is 0 Å². The molecular weight excluding hydrogens is 1520 g/mol. The predicted octanol–water partition coefficient (Wildman–Crippen LogP) is 13.3. The maximum absolute atomic E-state index is 15.6. The van der Waals surface area contributed by atoms with E-state index in [4.69, 9.17) is 85.3 Å². The summed E-state index contributed by atoms with van der Waals surface area (Å²) in [6.45, 7) is 44.9. The molecule has 0 saturated carbocycles. The zero-order valence-electron chi connectivity index (χ0n) is 76.2. The van der Waals surface area contributed by atoms with E-state index in [1.54, 1.807) is 41.5 Å². The lowest BCUT2D eigenvalue weighted by atomic mass is 9.85. The van der Waals surface area contributed by atoms with Crippen molar-refractivity contribution in [1.82, 2.24) is 29.4 Å².